The van der Waals surface area contributed by atoms with Crippen LogP contribution < -0.4 is 21.1 Å². The number of hydrogen-bond acceptors (Lipinski definition) is 7. The molecule has 2 atom stereocenters. The molecule has 32 heavy (non-hydrogen) atoms. The van der Waals surface area contributed by atoms with E-state index in [9.17, 15) is 24.5 Å². The molecular weight excluding hydrogens is 416 g/mol. The van der Waals surface area contributed by atoms with Gasteiger partial charge in [-0.1, -0.05) is 6.92 Å². The summed E-state index contributed by atoms with van der Waals surface area (Å²) in [5.41, 5.74) is 0.411. The molecule has 11 heteroatoms. The van der Waals surface area contributed by atoms with Gasteiger partial charge in [-0.15, -0.1) is 0 Å². The molecule has 1 fully saturated rings. The first kappa shape index (κ1) is 21.5. The third-order valence-corrected chi connectivity index (χ3v) is 5.89. The molecule has 0 radical (unpaired) electrons. The fraction of sp³-hybridized carbons (Fsp3) is 0.429. The minimum absolute atomic E-state index is 0.0944. The topological polar surface area (TPSA) is 150 Å². The lowest BCUT2D eigenvalue weighted by Crippen LogP contribution is -2.40. The zero-order valence-corrected chi connectivity index (χ0v) is 17.8. The largest absolute Gasteiger partial charge is 0.342 e. The van der Waals surface area contributed by atoms with Crippen LogP contribution in [0, 0.1) is 23.0 Å². The van der Waals surface area contributed by atoms with E-state index in [4.69, 9.17) is 0 Å². The highest BCUT2D eigenvalue weighted by Gasteiger charge is 2.35. The summed E-state index contributed by atoms with van der Waals surface area (Å²) in [6.45, 7) is 5.26. The summed E-state index contributed by atoms with van der Waals surface area (Å²) in [5.74, 6) is -1.05. The first-order valence-corrected chi connectivity index (χ1v) is 10.5. The number of benzene rings is 1. The van der Waals surface area contributed by atoms with E-state index in [1.807, 2.05) is 4.90 Å². The number of aryl methyl sites for hydroxylation is 1. The molecule has 11 nitrogen and oxygen atoms in total. The molecule has 0 spiro atoms. The molecule has 1 saturated heterocycles. The number of non-ortho nitro benzene ring substituents is 1. The van der Waals surface area contributed by atoms with Gasteiger partial charge in [0.2, 0.25) is 17.8 Å². The van der Waals surface area contributed by atoms with Gasteiger partial charge in [0, 0.05) is 37.3 Å². The number of nitro groups is 1. The second kappa shape index (κ2) is 8.40. The predicted octanol–water partition coefficient (Wildman–Crippen LogP) is 2.29. The van der Waals surface area contributed by atoms with Gasteiger partial charge in [0.25, 0.3) is 11.2 Å². The maximum absolute atomic E-state index is 13.0. The number of aromatic amines is 1. The summed E-state index contributed by atoms with van der Waals surface area (Å²) in [6, 6.07) is 4.06. The molecule has 2 aliphatic rings. The number of fused-ring (bicyclic) bond motifs is 1. The molecule has 4 rings (SSSR count). The zero-order chi connectivity index (χ0) is 23.0. The van der Waals surface area contributed by atoms with Crippen molar-refractivity contribution in [3.8, 4) is 0 Å². The van der Waals surface area contributed by atoms with Crippen molar-refractivity contribution in [1.82, 2.24) is 9.97 Å². The van der Waals surface area contributed by atoms with Crippen LogP contribution in [-0.2, 0) is 9.59 Å². The maximum Gasteiger partial charge on any atom is 0.269 e. The second-order valence-corrected chi connectivity index (χ2v) is 8.40. The van der Waals surface area contributed by atoms with Crippen molar-refractivity contribution in [1.29, 1.82) is 0 Å². The van der Waals surface area contributed by atoms with E-state index in [-0.39, 0.29) is 23.5 Å². The number of carbonyl (C=O) groups excluding carboxylic acids is 2. The smallest absolute Gasteiger partial charge is 0.269 e. The minimum atomic E-state index is -1.03. The number of nitrogens with one attached hydrogen (secondary N) is 3. The number of amides is 2. The second-order valence-electron chi connectivity index (χ2n) is 8.40. The van der Waals surface area contributed by atoms with Gasteiger partial charge in [0.1, 0.15) is 5.82 Å². The van der Waals surface area contributed by atoms with Crippen LogP contribution >= 0.6 is 0 Å². The number of nitro benzene ring substituents is 1. The van der Waals surface area contributed by atoms with Crippen molar-refractivity contribution in [2.45, 2.75) is 39.0 Å². The SMILES string of the molecule is Cc1cc([N+](=O)[O-])ccc1NC(=O)[C@H]1CC(=O)Nc2nc(N3CCC[C@H](C)C3)[nH]c(=O)c21. The molecule has 0 aliphatic carbocycles. The molecular formula is C21H24N6O5. The van der Waals surface area contributed by atoms with Gasteiger partial charge in [-0.3, -0.25) is 29.5 Å². The van der Waals surface area contributed by atoms with Crippen molar-refractivity contribution in [3.05, 3.63) is 49.8 Å². The Morgan fingerprint density at radius 3 is 2.81 bits per heavy atom. The van der Waals surface area contributed by atoms with Crippen LogP contribution in [0.4, 0.5) is 23.1 Å². The lowest BCUT2D eigenvalue weighted by atomic mass is 9.92. The molecule has 2 amide bonds. The van der Waals surface area contributed by atoms with Gasteiger partial charge in [-0.05, 0) is 37.3 Å². The van der Waals surface area contributed by atoms with Crippen LogP contribution in [-0.4, -0.2) is 39.8 Å². The predicted molar refractivity (Wildman–Crippen MR) is 118 cm³/mol. The summed E-state index contributed by atoms with van der Waals surface area (Å²) in [4.78, 5) is 57.9. The average molecular weight is 440 g/mol. The Balaban J connectivity index is 1.63. The summed E-state index contributed by atoms with van der Waals surface area (Å²) in [6.07, 6.45) is 1.89. The van der Waals surface area contributed by atoms with Gasteiger partial charge >= 0.3 is 0 Å². The number of nitrogens with zero attached hydrogens (tertiary/aromatic N) is 3. The van der Waals surface area contributed by atoms with Crippen molar-refractivity contribution in [3.63, 3.8) is 0 Å². The van der Waals surface area contributed by atoms with Crippen LogP contribution in [0.1, 0.15) is 43.2 Å². The van der Waals surface area contributed by atoms with Gasteiger partial charge in [0.15, 0.2) is 0 Å². The normalized spacial score (nSPS) is 20.3. The van der Waals surface area contributed by atoms with E-state index in [0.717, 1.165) is 25.9 Å². The molecule has 1 aromatic heterocycles. The number of rotatable bonds is 4. The number of piperidine rings is 1. The lowest BCUT2D eigenvalue weighted by Gasteiger charge is -2.32. The Morgan fingerprint density at radius 1 is 1.34 bits per heavy atom. The van der Waals surface area contributed by atoms with Gasteiger partial charge in [0.05, 0.1) is 16.4 Å². The van der Waals surface area contributed by atoms with Crippen molar-refractivity contribution in [2.24, 2.45) is 5.92 Å². The number of anilines is 3. The standard InChI is InChI=1S/C21H24N6O5/c1-11-4-3-7-26(10-11)21-24-18-17(20(30)25-21)14(9-16(28)23-18)19(29)22-15-6-5-13(27(31)32)8-12(15)2/h5-6,8,11,14H,3-4,7,9-10H2,1-2H3,(H,22,29)(H2,23,24,25,28,30)/t11-,14-/m0/s1. The molecule has 1 aromatic carbocycles. The van der Waals surface area contributed by atoms with Crippen LogP contribution in [0.25, 0.3) is 0 Å². The Hall–Kier alpha value is -3.76. The lowest BCUT2D eigenvalue weighted by molar-refractivity contribution is -0.384. The van der Waals surface area contributed by atoms with Crippen molar-refractivity contribution >= 4 is 35.0 Å². The monoisotopic (exact) mass is 440 g/mol. The van der Waals surface area contributed by atoms with E-state index < -0.39 is 28.2 Å². The summed E-state index contributed by atoms with van der Waals surface area (Å²) in [7, 11) is 0. The zero-order valence-electron chi connectivity index (χ0n) is 17.8. The molecule has 2 aromatic rings. The third kappa shape index (κ3) is 4.18. The fourth-order valence-corrected chi connectivity index (χ4v) is 4.24. The molecule has 0 saturated carbocycles. The Kier molecular flexibility index (Phi) is 5.64. The Morgan fingerprint density at radius 2 is 2.12 bits per heavy atom. The molecule has 3 N–H and O–H groups in total. The van der Waals surface area contributed by atoms with Crippen molar-refractivity contribution in [2.75, 3.05) is 28.6 Å². The molecule has 0 bridgehead atoms. The van der Waals surface area contributed by atoms with E-state index in [1.165, 1.54) is 18.2 Å². The first-order chi connectivity index (χ1) is 15.2. The fourth-order valence-electron chi connectivity index (χ4n) is 4.24. The van der Waals surface area contributed by atoms with Gasteiger partial charge in [-0.25, -0.2) is 0 Å². The number of hydrogen-bond donors (Lipinski definition) is 3. The van der Waals surface area contributed by atoms with Crippen LogP contribution in [0.3, 0.4) is 0 Å². The summed E-state index contributed by atoms with van der Waals surface area (Å²) < 4.78 is 0. The highest BCUT2D eigenvalue weighted by Crippen LogP contribution is 2.31. The molecule has 168 valence electrons. The summed E-state index contributed by atoms with van der Waals surface area (Å²) >= 11 is 0. The number of aromatic nitrogens is 2. The Labute approximate surface area is 183 Å². The maximum atomic E-state index is 13.0. The first-order valence-electron chi connectivity index (χ1n) is 10.5. The highest BCUT2D eigenvalue weighted by atomic mass is 16.6. The minimum Gasteiger partial charge on any atom is -0.342 e. The van der Waals surface area contributed by atoms with Crippen LogP contribution in [0.2, 0.25) is 0 Å². The molecule has 0 unspecified atom stereocenters. The molecule has 3 heterocycles. The average Bonchev–Trinajstić information content (AvgIpc) is 2.74. The van der Waals surface area contributed by atoms with E-state index in [1.54, 1.807) is 6.92 Å². The van der Waals surface area contributed by atoms with Crippen LogP contribution in [0.5, 0.6) is 0 Å². The summed E-state index contributed by atoms with van der Waals surface area (Å²) in [5, 5.41) is 16.2. The Bertz CT molecular complexity index is 1160. The van der Waals surface area contributed by atoms with E-state index in [0.29, 0.717) is 23.1 Å². The van der Waals surface area contributed by atoms with E-state index in [2.05, 4.69) is 27.5 Å². The van der Waals surface area contributed by atoms with E-state index >= 15 is 0 Å². The third-order valence-electron chi connectivity index (χ3n) is 5.89. The number of carbonyl (C=O) groups is 2. The van der Waals surface area contributed by atoms with Gasteiger partial charge in [-0.2, -0.15) is 4.98 Å². The van der Waals surface area contributed by atoms with Crippen LogP contribution in [0.15, 0.2) is 23.0 Å². The highest BCUT2D eigenvalue weighted by molar-refractivity contribution is 6.04. The number of H-pyrrole nitrogens is 1. The van der Waals surface area contributed by atoms with Gasteiger partial charge < -0.3 is 15.5 Å². The quantitative estimate of drug-likeness (QED) is 0.487. The molecule has 2 aliphatic heterocycles. The van der Waals surface area contributed by atoms with Crippen molar-refractivity contribution < 1.29 is 14.5 Å².